The number of rotatable bonds is 3. The molecule has 0 N–H and O–H groups in total. The molecule has 1 aliphatic rings. The lowest BCUT2D eigenvalue weighted by Gasteiger charge is -2.10. The maximum Gasteiger partial charge on any atom is 0.261 e. The van der Waals surface area contributed by atoms with E-state index in [9.17, 15) is 9.59 Å². The van der Waals surface area contributed by atoms with E-state index >= 15 is 0 Å². The van der Waals surface area contributed by atoms with Gasteiger partial charge in [0.15, 0.2) is 0 Å². The summed E-state index contributed by atoms with van der Waals surface area (Å²) in [6, 6.07) is 0. The van der Waals surface area contributed by atoms with Crippen LogP contribution in [0.5, 0.6) is 0 Å². The topological polar surface area (TPSA) is 37.4 Å². The first kappa shape index (κ1) is 17.7. The summed E-state index contributed by atoms with van der Waals surface area (Å²) in [5.74, 6) is -0.560. The lowest BCUT2D eigenvalue weighted by atomic mass is 10.1. The maximum absolute atomic E-state index is 11.5. The number of carbonyl (C=O) groups is 2. The van der Waals surface area contributed by atoms with Crippen molar-refractivity contribution >= 4 is 11.8 Å². The van der Waals surface area contributed by atoms with Crippen molar-refractivity contribution in [2.24, 2.45) is 0 Å². The number of carbonyl (C=O) groups excluding carboxylic acids is 2. The van der Waals surface area contributed by atoms with Crippen molar-refractivity contribution in [2.45, 2.75) is 34.6 Å². The second-order valence-electron chi connectivity index (χ2n) is 2.59. The molecule has 0 spiro atoms. The highest BCUT2D eigenvalue weighted by Crippen LogP contribution is 2.21. The van der Waals surface area contributed by atoms with Crippen LogP contribution in [-0.2, 0) is 9.59 Å². The van der Waals surface area contributed by atoms with Crippen LogP contribution in [0.3, 0.4) is 0 Å². The van der Waals surface area contributed by atoms with Crippen LogP contribution >= 0.6 is 0 Å². The molecular formula is C14H23NO2. The summed E-state index contributed by atoms with van der Waals surface area (Å²) in [7, 11) is 0. The molecule has 96 valence electrons. The summed E-state index contributed by atoms with van der Waals surface area (Å²) < 4.78 is 0. The zero-order valence-corrected chi connectivity index (χ0v) is 11.5. The molecule has 17 heavy (non-hydrogen) atoms. The lowest BCUT2D eigenvalue weighted by molar-refractivity contribution is -0.137. The smallest absolute Gasteiger partial charge is 0.261 e. The number of hydrogen-bond donors (Lipinski definition) is 0. The minimum atomic E-state index is -0.280. The molecule has 1 heterocycles. The molecule has 3 heteroatoms. The third kappa shape index (κ3) is 3.70. The van der Waals surface area contributed by atoms with Crippen LogP contribution in [0.15, 0.2) is 36.5 Å². The van der Waals surface area contributed by atoms with Crippen LogP contribution in [0.4, 0.5) is 0 Å². The average Bonchev–Trinajstić information content (AvgIpc) is 2.64. The second-order valence-corrected chi connectivity index (χ2v) is 2.59. The summed E-state index contributed by atoms with van der Waals surface area (Å²) in [4.78, 5) is 24.1. The summed E-state index contributed by atoms with van der Waals surface area (Å²) in [5, 5.41) is 0. The Bertz CT molecular complexity index is 297. The number of imide groups is 1. The van der Waals surface area contributed by atoms with E-state index in [-0.39, 0.29) is 11.8 Å². The molecule has 1 rings (SSSR count). The van der Waals surface area contributed by atoms with Gasteiger partial charge in [-0.05, 0) is 6.92 Å². The highest BCUT2D eigenvalue weighted by atomic mass is 16.2. The van der Waals surface area contributed by atoms with Gasteiger partial charge in [-0.15, -0.1) is 0 Å². The maximum atomic E-state index is 11.5. The molecule has 0 unspecified atom stereocenters. The molecule has 0 aromatic rings. The predicted molar refractivity (Wildman–Crippen MR) is 72.5 cm³/mol. The third-order valence-corrected chi connectivity index (χ3v) is 1.97. The Balaban J connectivity index is 0. The van der Waals surface area contributed by atoms with Gasteiger partial charge in [-0.3, -0.25) is 14.5 Å². The minimum Gasteiger partial charge on any atom is -0.275 e. The Labute approximate surface area is 105 Å². The van der Waals surface area contributed by atoms with E-state index in [0.717, 1.165) is 0 Å². The monoisotopic (exact) mass is 237 g/mol. The molecular weight excluding hydrogens is 214 g/mol. The largest absolute Gasteiger partial charge is 0.275 e. The van der Waals surface area contributed by atoms with Gasteiger partial charge in [0, 0.05) is 6.54 Å². The van der Waals surface area contributed by atoms with Gasteiger partial charge in [-0.2, -0.15) is 0 Å². The molecule has 0 radical (unpaired) electrons. The van der Waals surface area contributed by atoms with Gasteiger partial charge in [0.1, 0.15) is 0 Å². The van der Waals surface area contributed by atoms with E-state index in [1.165, 1.54) is 17.1 Å². The van der Waals surface area contributed by atoms with Crippen molar-refractivity contribution in [1.29, 1.82) is 0 Å². The van der Waals surface area contributed by atoms with Crippen LogP contribution in [-0.4, -0.2) is 23.3 Å². The zero-order chi connectivity index (χ0) is 14.0. The molecule has 2 amide bonds. The van der Waals surface area contributed by atoms with Gasteiger partial charge in [-0.1, -0.05) is 53.0 Å². The Morgan fingerprint density at radius 3 is 1.41 bits per heavy atom. The zero-order valence-electron chi connectivity index (χ0n) is 11.5. The molecule has 0 atom stereocenters. The predicted octanol–water partition coefficient (Wildman–Crippen LogP) is 3.10. The van der Waals surface area contributed by atoms with Gasteiger partial charge >= 0.3 is 0 Å². The van der Waals surface area contributed by atoms with Crippen molar-refractivity contribution in [3.05, 3.63) is 36.5 Å². The van der Waals surface area contributed by atoms with Crippen molar-refractivity contribution in [3.63, 3.8) is 0 Å². The van der Waals surface area contributed by atoms with Crippen LogP contribution in [0.2, 0.25) is 0 Å². The normalized spacial score (nSPS) is 13.6. The standard InChI is InChI=1S/C10H11NO2.2C2H6/c1-4-7-8(5-2)10(13)11(6-3)9(7)12;2*1-2/h4-5H,1-2,6H2,3H3;2*1-2H3. The quantitative estimate of drug-likeness (QED) is 0.707. The van der Waals surface area contributed by atoms with E-state index in [1.807, 2.05) is 27.7 Å². The molecule has 3 nitrogen and oxygen atoms in total. The van der Waals surface area contributed by atoms with Gasteiger partial charge in [-0.25, -0.2) is 0 Å². The first-order chi connectivity index (χ1) is 8.17. The number of likely N-dealkylation sites (N-methyl/N-ethyl adjacent to an activating group) is 1. The molecule has 0 saturated heterocycles. The Kier molecular flexibility index (Phi) is 10.00. The van der Waals surface area contributed by atoms with E-state index < -0.39 is 0 Å². The first-order valence-corrected chi connectivity index (χ1v) is 6.02. The van der Waals surface area contributed by atoms with Crippen LogP contribution in [0.1, 0.15) is 34.6 Å². The van der Waals surface area contributed by atoms with Gasteiger partial charge in [0.05, 0.1) is 11.1 Å². The molecule has 1 aliphatic heterocycles. The van der Waals surface area contributed by atoms with Gasteiger partial charge in [0.2, 0.25) is 0 Å². The number of nitrogens with zero attached hydrogens (tertiary/aromatic N) is 1. The van der Waals surface area contributed by atoms with Crippen molar-refractivity contribution < 1.29 is 9.59 Å². The van der Waals surface area contributed by atoms with Crippen LogP contribution < -0.4 is 0 Å². The Morgan fingerprint density at radius 2 is 1.24 bits per heavy atom. The van der Waals surface area contributed by atoms with Crippen LogP contribution in [0, 0.1) is 0 Å². The summed E-state index contributed by atoms with van der Waals surface area (Å²) in [6.07, 6.45) is 2.79. The Morgan fingerprint density at radius 1 is 0.941 bits per heavy atom. The minimum absolute atomic E-state index is 0.280. The third-order valence-electron chi connectivity index (χ3n) is 1.97. The molecule has 0 fully saturated rings. The van der Waals surface area contributed by atoms with E-state index in [1.54, 1.807) is 6.92 Å². The first-order valence-electron chi connectivity index (χ1n) is 6.02. The summed E-state index contributed by atoms with van der Waals surface area (Å²) in [5.41, 5.74) is 0.698. The fraction of sp³-hybridized carbons (Fsp3) is 0.429. The van der Waals surface area contributed by atoms with Crippen LogP contribution in [0.25, 0.3) is 0 Å². The summed E-state index contributed by atoms with van der Waals surface area (Å²) >= 11 is 0. The van der Waals surface area contributed by atoms with Crippen molar-refractivity contribution in [2.75, 3.05) is 6.54 Å². The summed E-state index contributed by atoms with van der Waals surface area (Å²) in [6.45, 7) is 17.1. The van der Waals surface area contributed by atoms with Crippen molar-refractivity contribution in [3.8, 4) is 0 Å². The van der Waals surface area contributed by atoms with E-state index in [0.29, 0.717) is 17.7 Å². The SMILES string of the molecule is C=CC1=C(C=C)C(=O)N(CC)C1=O.CC.CC. The highest BCUT2D eigenvalue weighted by Gasteiger charge is 2.33. The van der Waals surface area contributed by atoms with Crippen molar-refractivity contribution in [1.82, 2.24) is 4.90 Å². The average molecular weight is 237 g/mol. The van der Waals surface area contributed by atoms with Gasteiger partial charge in [0.25, 0.3) is 11.8 Å². The molecule has 0 bridgehead atoms. The number of amides is 2. The molecule has 0 saturated carbocycles. The number of hydrogen-bond acceptors (Lipinski definition) is 2. The van der Waals surface area contributed by atoms with Gasteiger partial charge < -0.3 is 0 Å². The fourth-order valence-corrected chi connectivity index (χ4v) is 1.30. The molecule has 0 aromatic heterocycles. The molecule has 0 aromatic carbocycles. The molecule has 0 aliphatic carbocycles. The fourth-order valence-electron chi connectivity index (χ4n) is 1.30. The van der Waals surface area contributed by atoms with E-state index in [2.05, 4.69) is 13.2 Å². The lowest BCUT2D eigenvalue weighted by Crippen LogP contribution is -2.31. The Hall–Kier alpha value is -1.64. The highest BCUT2D eigenvalue weighted by molar-refractivity contribution is 6.21. The van der Waals surface area contributed by atoms with E-state index in [4.69, 9.17) is 0 Å². The second kappa shape index (κ2) is 9.58.